The smallest absolute Gasteiger partial charge is 0.239 e. The predicted molar refractivity (Wildman–Crippen MR) is 73.3 cm³/mol. The fourth-order valence-electron chi connectivity index (χ4n) is 1.38. The molecule has 4 nitrogen and oxygen atoms in total. The summed E-state index contributed by atoms with van der Waals surface area (Å²) in [5.41, 5.74) is 0. The Morgan fingerprint density at radius 2 is 2.41 bits per heavy atom. The Bertz CT molecular complexity index is 438. The molecule has 0 radical (unpaired) electrons. The maximum Gasteiger partial charge on any atom is 0.239 e. The average molecular weight is 316 g/mol. The van der Waals surface area contributed by atoms with Crippen molar-refractivity contribution in [2.75, 3.05) is 25.0 Å². The van der Waals surface area contributed by atoms with Crippen molar-refractivity contribution in [1.29, 1.82) is 5.26 Å². The number of rotatable bonds is 5. The van der Waals surface area contributed by atoms with Crippen LogP contribution in [0.3, 0.4) is 0 Å². The Kier molecular flexibility index (Phi) is 5.45. The van der Waals surface area contributed by atoms with Crippen LogP contribution in [0.1, 0.15) is 18.2 Å². The van der Waals surface area contributed by atoms with E-state index in [1.165, 1.54) is 11.3 Å². The van der Waals surface area contributed by atoms with Crippen LogP contribution in [0.25, 0.3) is 0 Å². The van der Waals surface area contributed by atoms with Crippen molar-refractivity contribution in [3.05, 3.63) is 15.4 Å². The van der Waals surface area contributed by atoms with Gasteiger partial charge in [0.1, 0.15) is 10.9 Å². The van der Waals surface area contributed by atoms with E-state index >= 15 is 0 Å². The van der Waals surface area contributed by atoms with Crippen molar-refractivity contribution in [2.45, 2.75) is 13.3 Å². The molecule has 1 amide bonds. The fourth-order valence-corrected chi connectivity index (χ4v) is 2.95. The third kappa shape index (κ3) is 3.72. The summed E-state index contributed by atoms with van der Waals surface area (Å²) in [4.78, 5) is 14.0. The number of hydrogen-bond acceptors (Lipinski definition) is 4. The zero-order chi connectivity index (χ0) is 12.8. The molecule has 0 aliphatic heterocycles. The Morgan fingerprint density at radius 3 is 2.88 bits per heavy atom. The normalized spacial score (nSPS) is 9.76. The molecule has 0 fully saturated rings. The molecule has 0 saturated heterocycles. The van der Waals surface area contributed by atoms with Gasteiger partial charge in [-0.05, 0) is 28.4 Å². The third-order valence-electron chi connectivity index (χ3n) is 2.19. The maximum atomic E-state index is 11.4. The molecular formula is C11H14BrN3OS. The number of likely N-dealkylation sites (N-methyl/N-ethyl adjacent to an activating group) is 1. The van der Waals surface area contributed by atoms with Crippen LogP contribution in [-0.4, -0.2) is 26.0 Å². The largest absolute Gasteiger partial charge is 0.358 e. The summed E-state index contributed by atoms with van der Waals surface area (Å²) < 4.78 is 0.790. The van der Waals surface area contributed by atoms with Gasteiger partial charge in [-0.15, -0.1) is 11.3 Å². The van der Waals surface area contributed by atoms with Crippen molar-refractivity contribution < 1.29 is 4.79 Å². The highest BCUT2D eigenvalue weighted by Crippen LogP contribution is 2.33. The summed E-state index contributed by atoms with van der Waals surface area (Å²) in [5.74, 6) is -0.0264. The molecule has 0 aromatic carbocycles. The first-order chi connectivity index (χ1) is 8.12. The minimum absolute atomic E-state index is 0.0264. The van der Waals surface area contributed by atoms with Crippen molar-refractivity contribution in [1.82, 2.24) is 5.32 Å². The quantitative estimate of drug-likeness (QED) is 0.907. The van der Waals surface area contributed by atoms with Crippen LogP contribution in [0.5, 0.6) is 0 Å². The second-order valence-electron chi connectivity index (χ2n) is 3.47. The Hall–Kier alpha value is -1.06. The van der Waals surface area contributed by atoms with Crippen molar-refractivity contribution >= 4 is 38.2 Å². The lowest BCUT2D eigenvalue weighted by atomic mass is 10.4. The molecule has 0 aliphatic carbocycles. The molecule has 92 valence electrons. The van der Waals surface area contributed by atoms with Crippen molar-refractivity contribution in [3.63, 3.8) is 0 Å². The Morgan fingerprint density at radius 1 is 1.71 bits per heavy atom. The van der Waals surface area contributed by atoms with E-state index in [4.69, 9.17) is 5.26 Å². The molecular weight excluding hydrogens is 302 g/mol. The molecule has 0 bridgehead atoms. The number of amides is 1. The van der Waals surface area contributed by atoms with Gasteiger partial charge < -0.3 is 10.2 Å². The number of nitrogens with one attached hydrogen (secondary N) is 1. The second-order valence-corrected chi connectivity index (χ2v) is 5.35. The first-order valence-corrected chi connectivity index (χ1v) is 6.88. The second kappa shape index (κ2) is 6.62. The number of carbonyl (C=O) groups is 1. The lowest BCUT2D eigenvalue weighted by Crippen LogP contribution is -2.35. The van der Waals surface area contributed by atoms with Gasteiger partial charge in [-0.2, -0.15) is 5.26 Å². The van der Waals surface area contributed by atoms with Gasteiger partial charge in [0, 0.05) is 18.1 Å². The van der Waals surface area contributed by atoms with E-state index in [-0.39, 0.29) is 5.91 Å². The molecule has 0 aliphatic rings. The van der Waals surface area contributed by atoms with Crippen LogP contribution in [0.15, 0.2) is 10.5 Å². The number of nitrogens with zero attached hydrogens (tertiary/aromatic N) is 2. The summed E-state index contributed by atoms with van der Waals surface area (Å²) in [6.45, 7) is 3.18. The van der Waals surface area contributed by atoms with Crippen LogP contribution in [0.4, 0.5) is 5.00 Å². The first kappa shape index (κ1) is 14.0. The van der Waals surface area contributed by atoms with Gasteiger partial charge in [0.05, 0.1) is 11.5 Å². The van der Waals surface area contributed by atoms with Crippen LogP contribution < -0.4 is 10.2 Å². The minimum atomic E-state index is -0.0264. The van der Waals surface area contributed by atoms with Crippen LogP contribution >= 0.6 is 27.3 Å². The van der Waals surface area contributed by atoms with Crippen molar-refractivity contribution in [3.8, 4) is 6.07 Å². The molecule has 1 aromatic heterocycles. The summed E-state index contributed by atoms with van der Waals surface area (Å²) in [6, 6.07) is 4.02. The Labute approximate surface area is 113 Å². The van der Waals surface area contributed by atoms with Gasteiger partial charge in [0.25, 0.3) is 0 Å². The van der Waals surface area contributed by atoms with Gasteiger partial charge in [0.15, 0.2) is 0 Å². The number of carbonyl (C=O) groups excluding carboxylic acids is 1. The van der Waals surface area contributed by atoms with Crippen LogP contribution in [-0.2, 0) is 4.79 Å². The van der Waals surface area contributed by atoms with Crippen LogP contribution in [0.2, 0.25) is 0 Å². The van der Waals surface area contributed by atoms with Gasteiger partial charge in [-0.1, -0.05) is 6.92 Å². The third-order valence-corrected chi connectivity index (χ3v) is 4.18. The van der Waals surface area contributed by atoms with Gasteiger partial charge in [-0.3, -0.25) is 4.79 Å². The monoisotopic (exact) mass is 315 g/mol. The zero-order valence-electron chi connectivity index (χ0n) is 9.79. The molecule has 1 heterocycles. The Balaban J connectivity index is 2.89. The molecule has 1 rings (SSSR count). The number of anilines is 1. The molecule has 1 N–H and O–H groups in total. The summed E-state index contributed by atoms with van der Waals surface area (Å²) in [5, 5.41) is 12.5. The number of nitriles is 1. The molecule has 0 saturated carbocycles. The minimum Gasteiger partial charge on any atom is -0.358 e. The highest BCUT2D eigenvalue weighted by Gasteiger charge is 2.14. The summed E-state index contributed by atoms with van der Waals surface area (Å²) in [6.07, 6.45) is 0.953. The topological polar surface area (TPSA) is 56.1 Å². The molecule has 0 unspecified atom stereocenters. The van der Waals surface area contributed by atoms with Crippen molar-refractivity contribution in [2.24, 2.45) is 0 Å². The molecule has 0 atom stereocenters. The molecule has 17 heavy (non-hydrogen) atoms. The average Bonchev–Trinajstić information content (AvgIpc) is 2.69. The van der Waals surface area contributed by atoms with E-state index < -0.39 is 0 Å². The lowest BCUT2D eigenvalue weighted by Gasteiger charge is -2.21. The number of thiophene rings is 1. The van der Waals surface area contributed by atoms with Crippen LogP contribution in [0, 0.1) is 11.3 Å². The highest BCUT2D eigenvalue weighted by atomic mass is 79.9. The van der Waals surface area contributed by atoms with Gasteiger partial charge in [-0.25, -0.2) is 0 Å². The van der Waals surface area contributed by atoms with Gasteiger partial charge in [0.2, 0.25) is 5.91 Å². The summed E-state index contributed by atoms with van der Waals surface area (Å²) in [7, 11) is 1.62. The molecule has 6 heteroatoms. The SMILES string of the molecule is CCCN(CC(=O)NC)c1cc(Br)c(C#N)s1. The standard InChI is InChI=1S/C11H14BrN3OS/c1-3-4-15(7-10(16)14-2)11-5-8(12)9(6-13)17-11/h5H,3-4,7H2,1-2H3,(H,14,16). The van der Waals surface area contributed by atoms with E-state index in [1.54, 1.807) is 7.05 Å². The van der Waals surface area contributed by atoms with Gasteiger partial charge >= 0.3 is 0 Å². The maximum absolute atomic E-state index is 11.4. The fraction of sp³-hybridized carbons (Fsp3) is 0.455. The van der Waals surface area contributed by atoms with E-state index in [1.807, 2.05) is 11.0 Å². The van der Waals surface area contributed by atoms with E-state index in [9.17, 15) is 4.79 Å². The summed E-state index contributed by atoms with van der Waals surface area (Å²) >= 11 is 4.74. The number of halogens is 1. The highest BCUT2D eigenvalue weighted by molar-refractivity contribution is 9.10. The van der Waals surface area contributed by atoms with E-state index in [2.05, 4.69) is 34.2 Å². The first-order valence-electron chi connectivity index (χ1n) is 5.27. The van der Waals surface area contributed by atoms with E-state index in [0.29, 0.717) is 11.4 Å². The molecule has 0 spiro atoms. The molecule has 1 aromatic rings. The lowest BCUT2D eigenvalue weighted by molar-refractivity contribution is -0.119. The number of hydrogen-bond donors (Lipinski definition) is 1. The predicted octanol–water partition coefficient (Wildman–Crippen LogP) is 2.34. The van der Waals surface area contributed by atoms with E-state index in [0.717, 1.165) is 22.4 Å². The zero-order valence-corrected chi connectivity index (χ0v) is 12.2.